The molecule has 0 amide bonds. The van der Waals surface area contributed by atoms with E-state index in [9.17, 15) is 8.42 Å². The van der Waals surface area contributed by atoms with Gasteiger partial charge in [0.25, 0.3) is 0 Å². The Balaban J connectivity index is 1.89. The lowest BCUT2D eigenvalue weighted by atomic mass is 10.2. The molecule has 1 aliphatic rings. The molecule has 25 heavy (non-hydrogen) atoms. The van der Waals surface area contributed by atoms with Crippen LogP contribution in [0.25, 0.3) is 10.8 Å². The summed E-state index contributed by atoms with van der Waals surface area (Å²) in [5, 5.41) is 4.82. The number of aromatic nitrogens is 1. The topological polar surface area (TPSA) is 62.3 Å². The molecule has 5 nitrogen and oxygen atoms in total. The lowest BCUT2D eigenvalue weighted by molar-refractivity contribution is 0.580. The lowest BCUT2D eigenvalue weighted by Gasteiger charge is -2.31. The predicted molar refractivity (Wildman–Crippen MR) is 98.7 cm³/mol. The third kappa shape index (κ3) is 2.88. The van der Waals surface area contributed by atoms with Gasteiger partial charge in [-0.05, 0) is 24.3 Å². The summed E-state index contributed by atoms with van der Waals surface area (Å²) in [5.41, 5.74) is 0.773. The van der Waals surface area contributed by atoms with Crippen LogP contribution in [0.5, 0.6) is 0 Å². The number of anilines is 1. The van der Waals surface area contributed by atoms with Gasteiger partial charge in [0, 0.05) is 49.3 Å². The summed E-state index contributed by atoms with van der Waals surface area (Å²) < 4.78 is 26.9. The van der Waals surface area contributed by atoms with E-state index in [0.29, 0.717) is 15.2 Å². The molecular weight excluding hydrogens is 334 g/mol. The van der Waals surface area contributed by atoms with Gasteiger partial charge in [0.1, 0.15) is 0 Å². The Morgan fingerprint density at radius 3 is 2.52 bits per heavy atom. The Labute approximate surface area is 147 Å². The van der Waals surface area contributed by atoms with Crippen LogP contribution in [-0.2, 0) is 9.84 Å². The van der Waals surface area contributed by atoms with Crippen LogP contribution in [0.2, 0.25) is 0 Å². The highest BCUT2D eigenvalue weighted by atomic mass is 32.2. The Morgan fingerprint density at radius 1 is 0.920 bits per heavy atom. The zero-order valence-electron chi connectivity index (χ0n) is 13.7. The summed E-state index contributed by atoms with van der Waals surface area (Å²) in [6, 6.07) is 14.3. The fraction of sp³-hybridized carbons (Fsp3) is 0.211. The van der Waals surface area contributed by atoms with Gasteiger partial charge in [0.2, 0.25) is 9.84 Å². The fourth-order valence-electron chi connectivity index (χ4n) is 3.30. The highest BCUT2D eigenvalue weighted by Crippen LogP contribution is 2.33. The molecule has 0 radical (unpaired) electrons. The standard InChI is InChI=1S/C19H19N3O2S/c23-25(24,18-7-3-4-15-14-21-9-8-16(15)18)19-6-2-1-5-17(19)22-12-10-20-11-13-22/h1-9,14,20H,10-13H2. The van der Waals surface area contributed by atoms with E-state index < -0.39 is 9.84 Å². The van der Waals surface area contributed by atoms with Crippen molar-refractivity contribution in [3.8, 4) is 0 Å². The summed E-state index contributed by atoms with van der Waals surface area (Å²) in [7, 11) is -3.64. The van der Waals surface area contributed by atoms with Gasteiger partial charge in [-0.25, -0.2) is 8.42 Å². The number of nitrogens with one attached hydrogen (secondary N) is 1. The molecular formula is C19H19N3O2S. The van der Waals surface area contributed by atoms with E-state index in [1.165, 1.54) is 0 Å². The quantitative estimate of drug-likeness (QED) is 0.784. The minimum Gasteiger partial charge on any atom is -0.368 e. The highest BCUT2D eigenvalue weighted by molar-refractivity contribution is 7.92. The van der Waals surface area contributed by atoms with E-state index in [-0.39, 0.29) is 0 Å². The van der Waals surface area contributed by atoms with Crippen molar-refractivity contribution in [1.29, 1.82) is 0 Å². The second kappa shape index (κ2) is 6.46. The van der Waals surface area contributed by atoms with Crippen molar-refractivity contribution in [1.82, 2.24) is 10.3 Å². The molecule has 3 aromatic rings. The van der Waals surface area contributed by atoms with Crippen molar-refractivity contribution in [3.05, 3.63) is 60.9 Å². The molecule has 1 aliphatic heterocycles. The molecule has 1 N–H and O–H groups in total. The van der Waals surface area contributed by atoms with E-state index in [2.05, 4.69) is 15.2 Å². The lowest BCUT2D eigenvalue weighted by Crippen LogP contribution is -2.44. The normalized spacial score (nSPS) is 15.4. The van der Waals surface area contributed by atoms with Crippen molar-refractivity contribution in [2.45, 2.75) is 9.79 Å². The molecule has 1 aromatic heterocycles. The maximum atomic E-state index is 13.4. The molecule has 0 saturated carbocycles. The van der Waals surface area contributed by atoms with Crippen molar-refractivity contribution in [3.63, 3.8) is 0 Å². The van der Waals surface area contributed by atoms with E-state index in [1.807, 2.05) is 18.2 Å². The fourth-order valence-corrected chi connectivity index (χ4v) is 5.00. The van der Waals surface area contributed by atoms with Crippen molar-refractivity contribution < 1.29 is 8.42 Å². The van der Waals surface area contributed by atoms with E-state index >= 15 is 0 Å². The molecule has 2 aromatic carbocycles. The average molecular weight is 353 g/mol. The highest BCUT2D eigenvalue weighted by Gasteiger charge is 2.26. The van der Waals surface area contributed by atoms with Crippen molar-refractivity contribution in [2.75, 3.05) is 31.1 Å². The van der Waals surface area contributed by atoms with Gasteiger partial charge in [-0.2, -0.15) is 0 Å². The average Bonchev–Trinajstić information content (AvgIpc) is 2.68. The third-order valence-electron chi connectivity index (χ3n) is 4.54. The number of para-hydroxylation sites is 1. The second-order valence-electron chi connectivity index (χ2n) is 6.06. The van der Waals surface area contributed by atoms with Crippen LogP contribution >= 0.6 is 0 Å². The van der Waals surface area contributed by atoms with Gasteiger partial charge >= 0.3 is 0 Å². The molecule has 0 atom stereocenters. The van der Waals surface area contributed by atoms with Crippen LogP contribution in [0.3, 0.4) is 0 Å². The Kier molecular flexibility index (Phi) is 4.15. The largest absolute Gasteiger partial charge is 0.368 e. The number of sulfone groups is 1. The molecule has 4 rings (SSSR count). The van der Waals surface area contributed by atoms with Crippen LogP contribution in [0.4, 0.5) is 5.69 Å². The predicted octanol–water partition coefficient (Wildman–Crippen LogP) is 2.48. The zero-order chi connectivity index (χ0) is 17.3. The molecule has 1 fully saturated rings. The second-order valence-corrected chi connectivity index (χ2v) is 7.95. The molecule has 0 spiro atoms. The van der Waals surface area contributed by atoms with Gasteiger partial charge in [0.05, 0.1) is 15.5 Å². The van der Waals surface area contributed by atoms with E-state index in [0.717, 1.165) is 37.3 Å². The molecule has 0 aliphatic carbocycles. The number of hydrogen-bond acceptors (Lipinski definition) is 5. The number of rotatable bonds is 3. The van der Waals surface area contributed by atoms with Crippen LogP contribution in [0.1, 0.15) is 0 Å². The number of fused-ring (bicyclic) bond motifs is 1. The van der Waals surface area contributed by atoms with Gasteiger partial charge in [-0.1, -0.05) is 24.3 Å². The van der Waals surface area contributed by atoms with E-state index in [1.54, 1.807) is 42.7 Å². The number of pyridine rings is 1. The first-order valence-corrected chi connectivity index (χ1v) is 9.79. The van der Waals surface area contributed by atoms with Crippen LogP contribution < -0.4 is 10.2 Å². The van der Waals surface area contributed by atoms with Gasteiger partial charge in [-0.15, -0.1) is 0 Å². The molecule has 6 heteroatoms. The SMILES string of the molecule is O=S(=O)(c1ccccc1N1CCNCC1)c1cccc2cnccc12. The Bertz CT molecular complexity index is 1010. The Hall–Kier alpha value is -2.44. The molecule has 0 unspecified atom stereocenters. The van der Waals surface area contributed by atoms with Crippen molar-refractivity contribution >= 4 is 26.3 Å². The first kappa shape index (κ1) is 16.1. The summed E-state index contributed by atoms with van der Waals surface area (Å²) in [6.07, 6.45) is 3.32. The zero-order valence-corrected chi connectivity index (χ0v) is 14.5. The maximum Gasteiger partial charge on any atom is 0.209 e. The minimum atomic E-state index is -3.64. The first-order valence-electron chi connectivity index (χ1n) is 8.30. The maximum absolute atomic E-state index is 13.4. The molecule has 128 valence electrons. The number of benzene rings is 2. The third-order valence-corrected chi connectivity index (χ3v) is 6.40. The number of piperazine rings is 1. The molecule has 0 bridgehead atoms. The van der Waals surface area contributed by atoms with Gasteiger partial charge in [0.15, 0.2) is 0 Å². The monoisotopic (exact) mass is 353 g/mol. The van der Waals surface area contributed by atoms with Crippen molar-refractivity contribution in [2.24, 2.45) is 0 Å². The summed E-state index contributed by atoms with van der Waals surface area (Å²) in [5.74, 6) is 0. The van der Waals surface area contributed by atoms with Crippen LogP contribution in [0, 0.1) is 0 Å². The molecule has 1 saturated heterocycles. The minimum absolute atomic E-state index is 0.329. The summed E-state index contributed by atoms with van der Waals surface area (Å²) >= 11 is 0. The first-order chi connectivity index (χ1) is 12.2. The summed E-state index contributed by atoms with van der Waals surface area (Å²) in [4.78, 5) is 6.92. The molecule has 2 heterocycles. The number of nitrogens with zero attached hydrogens (tertiary/aromatic N) is 2. The smallest absolute Gasteiger partial charge is 0.209 e. The van der Waals surface area contributed by atoms with Crippen LogP contribution in [0.15, 0.2) is 70.7 Å². The van der Waals surface area contributed by atoms with E-state index in [4.69, 9.17) is 0 Å². The van der Waals surface area contributed by atoms with Crippen LogP contribution in [-0.4, -0.2) is 39.6 Å². The summed E-state index contributed by atoms with van der Waals surface area (Å²) in [6.45, 7) is 3.31. The Morgan fingerprint density at radius 2 is 1.68 bits per heavy atom. The number of hydrogen-bond donors (Lipinski definition) is 1. The van der Waals surface area contributed by atoms with Gasteiger partial charge in [-0.3, -0.25) is 4.98 Å². The van der Waals surface area contributed by atoms with Gasteiger partial charge < -0.3 is 10.2 Å².